The summed E-state index contributed by atoms with van der Waals surface area (Å²) in [5.41, 5.74) is 1.70. The van der Waals surface area contributed by atoms with Crippen LogP contribution in [-0.2, 0) is 14.8 Å². The van der Waals surface area contributed by atoms with Crippen molar-refractivity contribution in [1.29, 1.82) is 0 Å². The van der Waals surface area contributed by atoms with Crippen molar-refractivity contribution in [2.24, 2.45) is 10.9 Å². The first-order valence-corrected chi connectivity index (χ1v) is 17.1. The first-order chi connectivity index (χ1) is 21.5. The van der Waals surface area contributed by atoms with Crippen molar-refractivity contribution in [3.8, 4) is 0 Å². The zero-order valence-corrected chi connectivity index (χ0v) is 26.1. The molecule has 6 rings (SSSR count). The van der Waals surface area contributed by atoms with Crippen molar-refractivity contribution in [2.45, 2.75) is 37.9 Å². The van der Waals surface area contributed by atoms with Crippen molar-refractivity contribution >= 4 is 50.3 Å². The SMILES string of the molecule is O=C(O)C1CCN(CCS(=O)(=O)N[C@H]2CC3=C(c4ccn(C(F)F)n4)[C@H](c4ccc(F)cc4Cl)N=C(c4nccs4)N3C2)CC1. The molecule has 0 radical (unpaired) electrons. The van der Waals surface area contributed by atoms with Crippen LogP contribution >= 0.6 is 22.9 Å². The molecule has 0 spiro atoms. The van der Waals surface area contributed by atoms with Crippen LogP contribution in [0.3, 0.4) is 0 Å². The zero-order valence-electron chi connectivity index (χ0n) is 23.7. The van der Waals surface area contributed by atoms with E-state index in [-0.39, 0.29) is 36.0 Å². The van der Waals surface area contributed by atoms with Gasteiger partial charge < -0.3 is 14.9 Å². The van der Waals surface area contributed by atoms with E-state index in [1.807, 2.05) is 9.80 Å². The maximum Gasteiger partial charge on any atom is 0.333 e. The third-order valence-electron chi connectivity index (χ3n) is 8.18. The number of aromatic nitrogens is 3. The highest BCUT2D eigenvalue weighted by Gasteiger charge is 2.42. The molecule has 45 heavy (non-hydrogen) atoms. The van der Waals surface area contributed by atoms with E-state index in [0.29, 0.717) is 58.3 Å². The molecule has 0 unspecified atom stereocenters. The number of carboxylic acid groups (broad SMARTS) is 1. The number of carboxylic acids is 1. The second-order valence-corrected chi connectivity index (χ2v) is 14.3. The van der Waals surface area contributed by atoms with E-state index in [1.54, 1.807) is 11.6 Å². The molecular weight excluding hydrogens is 655 g/mol. The Morgan fingerprint density at radius 2 is 2.00 bits per heavy atom. The molecule has 2 N–H and O–H groups in total. The number of fused-ring (bicyclic) bond motifs is 1. The van der Waals surface area contributed by atoms with Gasteiger partial charge in [0.25, 0.3) is 0 Å². The summed E-state index contributed by atoms with van der Waals surface area (Å²) in [6, 6.07) is 3.85. The van der Waals surface area contributed by atoms with Gasteiger partial charge in [0.2, 0.25) is 10.0 Å². The lowest BCUT2D eigenvalue weighted by atomic mass is 9.92. The molecule has 2 atom stereocenters. The van der Waals surface area contributed by atoms with E-state index in [2.05, 4.69) is 14.8 Å². The first-order valence-electron chi connectivity index (χ1n) is 14.2. The number of piperidine rings is 1. The Bertz CT molecular complexity index is 1740. The summed E-state index contributed by atoms with van der Waals surface area (Å²) in [5, 5.41) is 15.8. The number of aliphatic carboxylic acids is 1. The highest BCUT2D eigenvalue weighted by Crippen LogP contribution is 2.46. The summed E-state index contributed by atoms with van der Waals surface area (Å²) in [4.78, 5) is 24.4. The quantitative estimate of drug-likeness (QED) is 0.325. The van der Waals surface area contributed by atoms with Crippen LogP contribution in [0.25, 0.3) is 5.57 Å². The molecule has 1 aromatic carbocycles. The molecular formula is C28H29ClF3N7O4S2. The highest BCUT2D eigenvalue weighted by atomic mass is 35.5. The summed E-state index contributed by atoms with van der Waals surface area (Å²) in [6.07, 6.45) is 3.89. The van der Waals surface area contributed by atoms with Gasteiger partial charge >= 0.3 is 12.5 Å². The van der Waals surface area contributed by atoms with Crippen LogP contribution in [0, 0.1) is 11.7 Å². The Labute approximate surface area is 266 Å². The summed E-state index contributed by atoms with van der Waals surface area (Å²) in [6.45, 7) is -1.42. The number of nitrogens with zero attached hydrogens (tertiary/aromatic N) is 6. The van der Waals surface area contributed by atoms with Crippen LogP contribution in [0.2, 0.25) is 5.02 Å². The third-order valence-corrected chi connectivity index (χ3v) is 10.7. The topological polar surface area (TPSA) is 133 Å². The van der Waals surface area contributed by atoms with Crippen LogP contribution < -0.4 is 4.72 Å². The lowest BCUT2D eigenvalue weighted by molar-refractivity contribution is -0.143. The molecule has 17 heteroatoms. The van der Waals surface area contributed by atoms with Crippen LogP contribution in [0.1, 0.15) is 48.1 Å². The van der Waals surface area contributed by atoms with Crippen LogP contribution in [0.4, 0.5) is 13.2 Å². The van der Waals surface area contributed by atoms with Gasteiger partial charge in [0.05, 0.1) is 17.4 Å². The molecule has 3 aliphatic rings. The molecule has 5 heterocycles. The molecule has 0 amide bonds. The number of likely N-dealkylation sites (tertiary alicyclic amines) is 1. The van der Waals surface area contributed by atoms with Crippen molar-refractivity contribution in [1.82, 2.24) is 29.3 Å². The van der Waals surface area contributed by atoms with Crippen molar-refractivity contribution in [2.75, 3.05) is 31.9 Å². The predicted molar refractivity (Wildman–Crippen MR) is 162 cm³/mol. The number of sulfonamides is 1. The van der Waals surface area contributed by atoms with Gasteiger partial charge in [0.1, 0.15) is 11.9 Å². The second kappa shape index (κ2) is 12.8. The van der Waals surface area contributed by atoms with E-state index in [4.69, 9.17) is 16.6 Å². The molecule has 2 saturated heterocycles. The Kier molecular flexibility index (Phi) is 9.03. The second-order valence-electron chi connectivity index (χ2n) is 11.1. The van der Waals surface area contributed by atoms with Gasteiger partial charge in [-0.3, -0.25) is 9.79 Å². The Morgan fingerprint density at radius 3 is 2.64 bits per heavy atom. The Morgan fingerprint density at radius 1 is 1.22 bits per heavy atom. The van der Waals surface area contributed by atoms with Gasteiger partial charge in [-0.15, -0.1) is 11.3 Å². The molecule has 2 aromatic heterocycles. The number of hydrogen-bond donors (Lipinski definition) is 2. The molecule has 0 bridgehead atoms. The van der Waals surface area contributed by atoms with E-state index in [1.165, 1.54) is 29.5 Å². The number of amidine groups is 1. The van der Waals surface area contributed by atoms with E-state index in [0.717, 1.165) is 12.3 Å². The van der Waals surface area contributed by atoms with E-state index < -0.39 is 46.4 Å². The molecule has 11 nitrogen and oxygen atoms in total. The summed E-state index contributed by atoms with van der Waals surface area (Å²) in [7, 11) is -3.77. The lowest BCUT2D eigenvalue weighted by Crippen LogP contribution is -2.43. The average Bonchev–Trinajstić information content (AvgIpc) is 3.77. The van der Waals surface area contributed by atoms with Crippen LogP contribution in [-0.4, -0.2) is 87.9 Å². The number of alkyl halides is 2. The molecule has 240 valence electrons. The molecule has 2 fully saturated rings. The fraction of sp³-hybridized carbons (Fsp3) is 0.429. The minimum Gasteiger partial charge on any atom is -0.481 e. The number of halogens is 4. The standard InChI is InChI=1S/C28H29ClF3N7O4S2/c29-20-13-17(30)1-2-19(20)24-23(21-5-9-39(35-21)28(31)32)22-14-18(15-38(22)25(34-24)26-33-6-11-44-26)36-45(42,43)12-10-37-7-3-16(4-8-37)27(40)41/h1-2,5-6,9,11,13,16,18,24,28,36H,3-4,7-8,10,12,14-15H2,(H,40,41)/t18-,24-/m0/s1. The minimum absolute atomic E-state index is 0.0877. The zero-order chi connectivity index (χ0) is 31.9. The van der Waals surface area contributed by atoms with Crippen LogP contribution in [0.15, 0.2) is 52.7 Å². The van der Waals surface area contributed by atoms with Crippen molar-refractivity contribution in [3.63, 3.8) is 0 Å². The van der Waals surface area contributed by atoms with Crippen molar-refractivity contribution in [3.05, 3.63) is 74.8 Å². The Hall–Kier alpha value is -3.31. The minimum atomic E-state index is -3.77. The van der Waals surface area contributed by atoms with Gasteiger partial charge in [0, 0.05) is 65.2 Å². The maximum absolute atomic E-state index is 14.0. The van der Waals surface area contributed by atoms with E-state index >= 15 is 0 Å². The third kappa shape index (κ3) is 6.79. The average molecular weight is 684 g/mol. The number of nitrogens with one attached hydrogen (secondary N) is 1. The fourth-order valence-corrected chi connectivity index (χ4v) is 8.19. The summed E-state index contributed by atoms with van der Waals surface area (Å²) < 4.78 is 71.0. The van der Waals surface area contributed by atoms with Crippen LogP contribution in [0.5, 0.6) is 0 Å². The van der Waals surface area contributed by atoms with Gasteiger partial charge in [0.15, 0.2) is 10.8 Å². The molecule has 3 aromatic rings. The predicted octanol–water partition coefficient (Wildman–Crippen LogP) is 4.23. The summed E-state index contributed by atoms with van der Waals surface area (Å²) in [5.74, 6) is -1.52. The fourth-order valence-electron chi connectivity index (χ4n) is 6.00. The number of hydrogen-bond acceptors (Lipinski definition) is 9. The highest BCUT2D eigenvalue weighted by molar-refractivity contribution is 7.89. The number of aliphatic imine (C=N–C) groups is 1. The van der Waals surface area contributed by atoms with Gasteiger partial charge in [-0.1, -0.05) is 17.7 Å². The van der Waals surface area contributed by atoms with Gasteiger partial charge in [-0.05, 0) is 44.1 Å². The van der Waals surface area contributed by atoms with Crippen molar-refractivity contribution < 1.29 is 31.5 Å². The molecule has 0 saturated carbocycles. The monoisotopic (exact) mass is 683 g/mol. The molecule has 0 aliphatic carbocycles. The number of carbonyl (C=O) groups is 1. The normalized spacial score (nSPS) is 21.4. The largest absolute Gasteiger partial charge is 0.481 e. The van der Waals surface area contributed by atoms with Gasteiger partial charge in [-0.2, -0.15) is 13.9 Å². The van der Waals surface area contributed by atoms with Gasteiger partial charge in [-0.25, -0.2) is 27.2 Å². The lowest BCUT2D eigenvalue weighted by Gasteiger charge is -2.32. The first kappa shape index (κ1) is 31.7. The maximum atomic E-state index is 14.0. The Balaban J connectivity index is 1.32. The number of benzene rings is 1. The molecule has 3 aliphatic heterocycles. The summed E-state index contributed by atoms with van der Waals surface area (Å²) >= 11 is 7.82. The number of rotatable bonds is 10. The number of thiazole rings is 1. The van der Waals surface area contributed by atoms with E-state index in [9.17, 15) is 31.5 Å². The smallest absolute Gasteiger partial charge is 0.333 e.